The third-order valence-corrected chi connectivity index (χ3v) is 16.2. The molecule has 0 aromatic carbocycles. The van der Waals surface area contributed by atoms with Gasteiger partial charge in [0.25, 0.3) is 0 Å². The van der Waals surface area contributed by atoms with Gasteiger partial charge in [0.15, 0.2) is 0 Å². The molecular weight excluding hydrogens is 605 g/mol. The second-order valence-corrected chi connectivity index (χ2v) is 29.0. The molecule has 0 aliphatic rings. The van der Waals surface area contributed by atoms with Crippen molar-refractivity contribution in [3.63, 3.8) is 0 Å². The molecule has 0 N–H and O–H groups in total. The van der Waals surface area contributed by atoms with Gasteiger partial charge in [-0.3, -0.25) is 0 Å². The molecule has 0 aromatic heterocycles. The first-order valence-electron chi connectivity index (χ1n) is 15.3. The molecular formula is C28H56Cl6Si2. The van der Waals surface area contributed by atoms with Crippen molar-refractivity contribution >= 4 is 78.5 Å². The lowest BCUT2D eigenvalue weighted by Crippen LogP contribution is -2.20. The van der Waals surface area contributed by atoms with E-state index in [0.717, 1.165) is 25.7 Å². The lowest BCUT2D eigenvalue weighted by molar-refractivity contribution is 0.513. The van der Waals surface area contributed by atoms with Gasteiger partial charge in [0.2, 0.25) is 0 Å². The Hall–Kier alpha value is 2.17. The number of halogens is 6. The minimum Gasteiger partial charge on any atom is -0.126 e. The van der Waals surface area contributed by atoms with Crippen LogP contribution in [0.2, 0.25) is 11.1 Å². The summed E-state index contributed by atoms with van der Waals surface area (Å²) in [6, 6.07) is -5.24. The molecule has 218 valence electrons. The Balaban J connectivity index is 3.94. The Bertz CT molecular complexity index is 426. The van der Waals surface area contributed by atoms with E-state index in [-0.39, 0.29) is 0 Å². The van der Waals surface area contributed by atoms with Crippen LogP contribution in [0.15, 0.2) is 0 Å². The van der Waals surface area contributed by atoms with E-state index in [0.29, 0.717) is 11.1 Å². The average Bonchev–Trinajstić information content (AvgIpc) is 2.80. The zero-order chi connectivity index (χ0) is 27.1. The first-order chi connectivity index (χ1) is 17.1. The molecule has 0 saturated carbocycles. The highest BCUT2D eigenvalue weighted by atomic mass is 35.8. The highest BCUT2D eigenvalue weighted by Gasteiger charge is 2.36. The fourth-order valence-corrected chi connectivity index (χ4v) is 11.2. The van der Waals surface area contributed by atoms with E-state index in [2.05, 4.69) is 13.8 Å². The van der Waals surface area contributed by atoms with E-state index in [1.807, 2.05) is 0 Å². The largest absolute Gasteiger partial charge is 0.344 e. The van der Waals surface area contributed by atoms with E-state index in [1.165, 1.54) is 128 Å². The summed E-state index contributed by atoms with van der Waals surface area (Å²) in [5.41, 5.74) is 0.638. The van der Waals surface area contributed by atoms with Gasteiger partial charge >= 0.3 is 12.0 Å². The van der Waals surface area contributed by atoms with Crippen molar-refractivity contribution in [3.8, 4) is 0 Å². The first kappa shape index (κ1) is 38.2. The van der Waals surface area contributed by atoms with E-state index in [1.54, 1.807) is 0 Å². The van der Waals surface area contributed by atoms with Gasteiger partial charge in [-0.1, -0.05) is 142 Å². The van der Waals surface area contributed by atoms with E-state index >= 15 is 0 Å². The topological polar surface area (TPSA) is 0 Å². The molecule has 0 bridgehead atoms. The number of rotatable bonds is 27. The number of unbranched alkanes of at least 4 members (excludes halogenated alkanes) is 17. The Morgan fingerprint density at radius 1 is 0.333 bits per heavy atom. The van der Waals surface area contributed by atoms with Gasteiger partial charge in [-0.25, -0.2) is 0 Å². The Morgan fingerprint density at radius 3 is 0.722 bits per heavy atom. The van der Waals surface area contributed by atoms with Crippen LogP contribution in [0.5, 0.6) is 0 Å². The average molecular weight is 662 g/mol. The summed E-state index contributed by atoms with van der Waals surface area (Å²) in [5, 5.41) is 0. The van der Waals surface area contributed by atoms with Crippen LogP contribution in [-0.4, -0.2) is 12.0 Å². The molecule has 0 saturated heterocycles. The predicted molar refractivity (Wildman–Crippen MR) is 176 cm³/mol. The van der Waals surface area contributed by atoms with Crippen LogP contribution in [0, 0.1) is 0 Å². The third kappa shape index (κ3) is 24.0. The molecule has 0 rings (SSSR count). The number of hydrogen-bond donors (Lipinski definition) is 0. The lowest BCUT2D eigenvalue weighted by atomic mass is 10.0. The monoisotopic (exact) mass is 658 g/mol. The van der Waals surface area contributed by atoms with Crippen LogP contribution in [0.4, 0.5) is 0 Å². The molecule has 0 amide bonds. The van der Waals surface area contributed by atoms with Crippen molar-refractivity contribution in [1.82, 2.24) is 0 Å². The van der Waals surface area contributed by atoms with E-state index in [9.17, 15) is 0 Å². The molecule has 0 aliphatic heterocycles. The van der Waals surface area contributed by atoms with Crippen molar-refractivity contribution in [3.05, 3.63) is 0 Å². The maximum absolute atomic E-state index is 6.44. The molecule has 0 spiro atoms. The Morgan fingerprint density at radius 2 is 0.528 bits per heavy atom. The zero-order valence-corrected chi connectivity index (χ0v) is 29.9. The van der Waals surface area contributed by atoms with Gasteiger partial charge in [-0.15, -0.1) is 66.5 Å². The van der Waals surface area contributed by atoms with Crippen LogP contribution < -0.4 is 0 Å². The summed E-state index contributed by atoms with van der Waals surface area (Å²) < 4.78 is 0. The minimum absolute atomic E-state index is 0.319. The molecule has 0 nitrogen and oxygen atoms in total. The molecule has 0 heterocycles. The second-order valence-electron chi connectivity index (χ2n) is 11.0. The standard InChI is InChI=1S/C28H56Cl6Si2/c1-3-5-7-9-11-15-19-23-27(35(29,30)31)25-21-17-13-14-18-22-26-28(36(32,33)34)24-20-16-12-10-8-6-4-2/h27-28H,3-26H2,1-2H3. The molecule has 2 atom stereocenters. The quantitative estimate of drug-likeness (QED) is 0.0467. The maximum atomic E-state index is 6.44. The van der Waals surface area contributed by atoms with Gasteiger partial charge in [-0.05, 0) is 36.8 Å². The summed E-state index contributed by atoms with van der Waals surface area (Å²) in [6.07, 6.45) is 30.1. The fraction of sp³-hybridized carbons (Fsp3) is 1.00. The van der Waals surface area contributed by atoms with Crippen LogP contribution in [0.1, 0.15) is 168 Å². The summed E-state index contributed by atoms with van der Waals surface area (Å²) >= 11 is 38.7. The van der Waals surface area contributed by atoms with Crippen molar-refractivity contribution < 1.29 is 0 Å². The van der Waals surface area contributed by atoms with Crippen molar-refractivity contribution in [2.75, 3.05) is 0 Å². The summed E-state index contributed by atoms with van der Waals surface area (Å²) in [4.78, 5) is 0. The molecule has 36 heavy (non-hydrogen) atoms. The highest BCUT2D eigenvalue weighted by Crippen LogP contribution is 2.42. The van der Waals surface area contributed by atoms with Crippen LogP contribution >= 0.6 is 66.5 Å². The van der Waals surface area contributed by atoms with E-state index < -0.39 is 12.0 Å². The van der Waals surface area contributed by atoms with Crippen LogP contribution in [-0.2, 0) is 0 Å². The zero-order valence-electron chi connectivity index (χ0n) is 23.4. The van der Waals surface area contributed by atoms with Crippen molar-refractivity contribution in [2.24, 2.45) is 0 Å². The van der Waals surface area contributed by atoms with Crippen molar-refractivity contribution in [1.29, 1.82) is 0 Å². The molecule has 2 unspecified atom stereocenters. The summed E-state index contributed by atoms with van der Waals surface area (Å²) in [5.74, 6) is 0. The normalized spacial score (nSPS) is 14.3. The van der Waals surface area contributed by atoms with Crippen LogP contribution in [0.3, 0.4) is 0 Å². The van der Waals surface area contributed by atoms with Crippen molar-refractivity contribution in [2.45, 2.75) is 179 Å². The second kappa shape index (κ2) is 24.9. The van der Waals surface area contributed by atoms with Gasteiger partial charge < -0.3 is 0 Å². The van der Waals surface area contributed by atoms with Crippen LogP contribution in [0.25, 0.3) is 0 Å². The molecule has 0 radical (unpaired) electrons. The van der Waals surface area contributed by atoms with E-state index in [4.69, 9.17) is 66.5 Å². The Labute approximate surface area is 255 Å². The van der Waals surface area contributed by atoms with Gasteiger partial charge in [0.1, 0.15) is 0 Å². The molecule has 0 aromatic rings. The summed E-state index contributed by atoms with van der Waals surface area (Å²) in [6.45, 7) is 4.52. The SMILES string of the molecule is CCCCCCCCCC(CCCCCCCCC(CCCCCCCCC)[Si](Cl)(Cl)Cl)[Si](Cl)(Cl)Cl. The smallest absolute Gasteiger partial charge is 0.126 e. The molecule has 0 fully saturated rings. The Kier molecular flexibility index (Phi) is 26.4. The molecule has 8 heteroatoms. The van der Waals surface area contributed by atoms with Gasteiger partial charge in [-0.2, -0.15) is 0 Å². The molecule has 0 aliphatic carbocycles. The number of hydrogen-bond acceptors (Lipinski definition) is 0. The fourth-order valence-electron chi connectivity index (χ4n) is 5.13. The lowest BCUT2D eigenvalue weighted by Gasteiger charge is -2.22. The highest BCUT2D eigenvalue weighted by molar-refractivity contribution is 7.65. The predicted octanol–water partition coefficient (Wildman–Crippen LogP) is 14.4. The summed E-state index contributed by atoms with van der Waals surface area (Å²) in [7, 11) is 0. The maximum Gasteiger partial charge on any atom is 0.344 e. The first-order valence-corrected chi connectivity index (χ1v) is 25.5. The van der Waals surface area contributed by atoms with Gasteiger partial charge in [0.05, 0.1) is 0 Å². The minimum atomic E-state index is -2.62. The van der Waals surface area contributed by atoms with Gasteiger partial charge in [0, 0.05) is 0 Å². The third-order valence-electron chi connectivity index (χ3n) is 7.59.